The fourth-order valence-corrected chi connectivity index (χ4v) is 3.73. The highest BCUT2D eigenvalue weighted by molar-refractivity contribution is 5.78. The second-order valence-electron chi connectivity index (χ2n) is 7.69. The van der Waals surface area contributed by atoms with Gasteiger partial charge in [-0.3, -0.25) is 9.69 Å². The normalized spacial score (nSPS) is 25.7. The number of amides is 1. The number of benzene rings is 1. The highest BCUT2D eigenvalue weighted by atomic mass is 16.1. The lowest BCUT2D eigenvalue weighted by Crippen LogP contribution is -2.43. The topological polar surface area (TPSA) is 47.6 Å². The van der Waals surface area contributed by atoms with Crippen molar-refractivity contribution in [3.8, 4) is 0 Å². The molecule has 0 aromatic heterocycles. The maximum absolute atomic E-state index is 12.3. The molecular formula is C20H32N4O. The maximum Gasteiger partial charge on any atom is 0.223 e. The zero-order chi connectivity index (χ0) is 17.6. The predicted octanol–water partition coefficient (Wildman–Crippen LogP) is 1.44. The van der Waals surface area contributed by atoms with Crippen LogP contribution in [-0.2, 0) is 17.9 Å². The number of rotatable bonds is 5. The van der Waals surface area contributed by atoms with Crippen LogP contribution in [-0.4, -0.2) is 61.5 Å². The van der Waals surface area contributed by atoms with E-state index >= 15 is 0 Å². The largest absolute Gasteiger partial charge is 0.352 e. The Balaban J connectivity index is 1.43. The summed E-state index contributed by atoms with van der Waals surface area (Å²) in [5.74, 6) is 0.364. The van der Waals surface area contributed by atoms with Crippen LogP contribution in [0.15, 0.2) is 24.3 Å². The van der Waals surface area contributed by atoms with Crippen LogP contribution < -0.4 is 10.6 Å². The summed E-state index contributed by atoms with van der Waals surface area (Å²) in [7, 11) is 2.19. The Morgan fingerprint density at radius 1 is 1.16 bits per heavy atom. The third-order valence-corrected chi connectivity index (χ3v) is 5.49. The van der Waals surface area contributed by atoms with Gasteiger partial charge in [0.1, 0.15) is 0 Å². The smallest absolute Gasteiger partial charge is 0.223 e. The van der Waals surface area contributed by atoms with Crippen LogP contribution in [0.3, 0.4) is 0 Å². The summed E-state index contributed by atoms with van der Waals surface area (Å²) < 4.78 is 0. The maximum atomic E-state index is 12.3. The van der Waals surface area contributed by atoms with Gasteiger partial charge in [-0.2, -0.15) is 0 Å². The fourth-order valence-electron chi connectivity index (χ4n) is 3.73. The molecule has 1 aromatic carbocycles. The monoisotopic (exact) mass is 344 g/mol. The molecule has 1 amide bonds. The van der Waals surface area contributed by atoms with E-state index in [0.29, 0.717) is 12.6 Å². The van der Waals surface area contributed by atoms with Crippen molar-refractivity contribution in [2.24, 2.45) is 5.92 Å². The van der Waals surface area contributed by atoms with Gasteiger partial charge < -0.3 is 15.5 Å². The average molecular weight is 345 g/mol. The molecule has 0 spiro atoms. The van der Waals surface area contributed by atoms with E-state index in [-0.39, 0.29) is 11.8 Å². The van der Waals surface area contributed by atoms with Gasteiger partial charge >= 0.3 is 0 Å². The van der Waals surface area contributed by atoms with E-state index in [0.717, 1.165) is 52.1 Å². The lowest BCUT2D eigenvalue weighted by atomic mass is 9.92. The number of piperazine rings is 1. The van der Waals surface area contributed by atoms with Crippen LogP contribution in [0.25, 0.3) is 0 Å². The molecule has 1 aromatic rings. The minimum absolute atomic E-state index is 0.160. The number of hydrogen-bond acceptors (Lipinski definition) is 4. The number of likely N-dealkylation sites (N-methyl/N-ethyl adjacent to an activating group) is 1. The van der Waals surface area contributed by atoms with E-state index < -0.39 is 0 Å². The first-order chi connectivity index (χ1) is 12.1. The SMILES string of the molecule is C[C@H]1C[C@@H](C(=O)NCc2ccc(CN3CCN(C)CC3)cc2)CCN1. The van der Waals surface area contributed by atoms with E-state index in [1.807, 2.05) is 0 Å². The Bertz CT molecular complexity index is 551. The lowest BCUT2D eigenvalue weighted by molar-refractivity contribution is -0.126. The molecule has 3 rings (SSSR count). The summed E-state index contributed by atoms with van der Waals surface area (Å²) in [4.78, 5) is 17.2. The van der Waals surface area contributed by atoms with Crippen molar-refractivity contribution in [1.29, 1.82) is 0 Å². The van der Waals surface area contributed by atoms with Gasteiger partial charge in [0.2, 0.25) is 5.91 Å². The van der Waals surface area contributed by atoms with Crippen LogP contribution >= 0.6 is 0 Å². The number of piperidine rings is 1. The van der Waals surface area contributed by atoms with Crippen molar-refractivity contribution >= 4 is 5.91 Å². The van der Waals surface area contributed by atoms with E-state index in [4.69, 9.17) is 0 Å². The van der Waals surface area contributed by atoms with Crippen molar-refractivity contribution in [2.75, 3.05) is 39.8 Å². The Morgan fingerprint density at radius 2 is 1.84 bits per heavy atom. The highest BCUT2D eigenvalue weighted by Crippen LogP contribution is 2.16. The molecule has 5 heteroatoms. The first-order valence-corrected chi connectivity index (χ1v) is 9.60. The molecule has 2 saturated heterocycles. The highest BCUT2D eigenvalue weighted by Gasteiger charge is 2.24. The molecule has 2 atom stereocenters. The Hall–Kier alpha value is -1.43. The van der Waals surface area contributed by atoms with Gasteiger partial charge in [0.25, 0.3) is 0 Å². The molecule has 2 N–H and O–H groups in total. The Labute approximate surface area is 151 Å². The van der Waals surface area contributed by atoms with Gasteiger partial charge in [-0.1, -0.05) is 24.3 Å². The van der Waals surface area contributed by atoms with Crippen molar-refractivity contribution in [1.82, 2.24) is 20.4 Å². The van der Waals surface area contributed by atoms with Crippen LogP contribution in [0.2, 0.25) is 0 Å². The van der Waals surface area contributed by atoms with Crippen molar-refractivity contribution in [2.45, 2.75) is 38.9 Å². The molecule has 0 unspecified atom stereocenters. The van der Waals surface area contributed by atoms with Crippen molar-refractivity contribution in [3.63, 3.8) is 0 Å². The molecule has 0 radical (unpaired) electrons. The summed E-state index contributed by atoms with van der Waals surface area (Å²) >= 11 is 0. The Kier molecular flexibility index (Phi) is 6.45. The second-order valence-corrected chi connectivity index (χ2v) is 7.69. The molecule has 2 aliphatic heterocycles. The summed E-state index contributed by atoms with van der Waals surface area (Å²) in [5, 5.41) is 6.51. The second kappa shape index (κ2) is 8.79. The van der Waals surface area contributed by atoms with E-state index in [1.165, 1.54) is 11.1 Å². The molecular weight excluding hydrogens is 312 g/mol. The van der Waals surface area contributed by atoms with Gasteiger partial charge in [0, 0.05) is 51.2 Å². The summed E-state index contributed by atoms with van der Waals surface area (Å²) in [6.07, 6.45) is 1.88. The molecule has 2 heterocycles. The number of carbonyl (C=O) groups excluding carboxylic acids is 1. The summed E-state index contributed by atoms with van der Waals surface area (Å²) in [6.45, 7) is 9.34. The molecule has 138 valence electrons. The number of carbonyl (C=O) groups is 1. The van der Waals surface area contributed by atoms with Crippen LogP contribution in [0.1, 0.15) is 30.9 Å². The minimum Gasteiger partial charge on any atom is -0.352 e. The van der Waals surface area contributed by atoms with Gasteiger partial charge in [-0.05, 0) is 44.5 Å². The zero-order valence-electron chi connectivity index (χ0n) is 15.6. The van der Waals surface area contributed by atoms with Gasteiger partial charge in [-0.25, -0.2) is 0 Å². The summed E-state index contributed by atoms with van der Waals surface area (Å²) in [6, 6.07) is 9.14. The van der Waals surface area contributed by atoms with Gasteiger partial charge in [0.15, 0.2) is 0 Å². The van der Waals surface area contributed by atoms with Crippen LogP contribution in [0.4, 0.5) is 0 Å². The molecule has 0 bridgehead atoms. The number of nitrogens with one attached hydrogen (secondary N) is 2. The number of nitrogens with zero attached hydrogens (tertiary/aromatic N) is 2. The zero-order valence-corrected chi connectivity index (χ0v) is 15.6. The number of hydrogen-bond donors (Lipinski definition) is 2. The Morgan fingerprint density at radius 3 is 2.52 bits per heavy atom. The molecule has 2 fully saturated rings. The van der Waals surface area contributed by atoms with E-state index in [9.17, 15) is 4.79 Å². The molecule has 0 aliphatic carbocycles. The summed E-state index contributed by atoms with van der Waals surface area (Å²) in [5.41, 5.74) is 2.53. The third-order valence-electron chi connectivity index (χ3n) is 5.49. The first kappa shape index (κ1) is 18.4. The van der Waals surface area contributed by atoms with Crippen LogP contribution in [0.5, 0.6) is 0 Å². The molecule has 25 heavy (non-hydrogen) atoms. The lowest BCUT2D eigenvalue weighted by Gasteiger charge is -2.32. The van der Waals surface area contributed by atoms with E-state index in [1.54, 1.807) is 0 Å². The molecule has 5 nitrogen and oxygen atoms in total. The fraction of sp³-hybridized carbons (Fsp3) is 0.650. The van der Waals surface area contributed by atoms with Crippen molar-refractivity contribution in [3.05, 3.63) is 35.4 Å². The predicted molar refractivity (Wildman–Crippen MR) is 101 cm³/mol. The van der Waals surface area contributed by atoms with E-state index in [2.05, 4.69) is 58.7 Å². The quantitative estimate of drug-likeness (QED) is 0.849. The van der Waals surface area contributed by atoms with Crippen LogP contribution in [0, 0.1) is 5.92 Å². The third kappa shape index (κ3) is 5.53. The average Bonchev–Trinajstić information content (AvgIpc) is 2.63. The van der Waals surface area contributed by atoms with Crippen molar-refractivity contribution < 1.29 is 4.79 Å². The van der Waals surface area contributed by atoms with Gasteiger partial charge in [-0.15, -0.1) is 0 Å². The minimum atomic E-state index is 0.160. The molecule has 0 saturated carbocycles. The first-order valence-electron chi connectivity index (χ1n) is 9.60. The standard InChI is InChI=1S/C20H32N4O/c1-16-13-19(7-8-21-16)20(25)22-14-17-3-5-18(6-4-17)15-24-11-9-23(2)10-12-24/h3-6,16,19,21H,7-15H2,1-2H3,(H,22,25)/t16-,19-/m0/s1. The van der Waals surface area contributed by atoms with Gasteiger partial charge in [0.05, 0.1) is 0 Å². The molecule has 2 aliphatic rings.